The third-order valence-corrected chi connectivity index (χ3v) is 3.25. The van der Waals surface area contributed by atoms with Crippen molar-refractivity contribution in [2.45, 2.75) is 46.2 Å². The van der Waals surface area contributed by atoms with Crippen molar-refractivity contribution in [2.75, 3.05) is 0 Å². The van der Waals surface area contributed by atoms with Crippen molar-refractivity contribution >= 4 is 5.91 Å². The van der Waals surface area contributed by atoms with Gasteiger partial charge in [-0.3, -0.25) is 4.79 Å². The Hall–Kier alpha value is -2.24. The molecule has 21 heavy (non-hydrogen) atoms. The Morgan fingerprint density at radius 3 is 2.86 bits per heavy atom. The van der Waals surface area contributed by atoms with E-state index < -0.39 is 0 Å². The van der Waals surface area contributed by atoms with Crippen LogP contribution in [-0.2, 0) is 11.3 Å². The van der Waals surface area contributed by atoms with Crippen LogP contribution in [0.4, 0.5) is 0 Å². The molecule has 1 N–H and O–H groups in total. The average molecular weight is 287 g/mol. The molecule has 0 bridgehead atoms. The number of tetrazole rings is 1. The largest absolute Gasteiger partial charge is 0.352 e. The zero-order valence-electron chi connectivity index (χ0n) is 12.7. The van der Waals surface area contributed by atoms with Gasteiger partial charge in [0, 0.05) is 11.6 Å². The molecule has 0 saturated carbocycles. The molecule has 1 aromatic heterocycles. The molecule has 1 amide bonds. The summed E-state index contributed by atoms with van der Waals surface area (Å²) in [6.07, 6.45) is 2.01. The topological polar surface area (TPSA) is 72.7 Å². The summed E-state index contributed by atoms with van der Waals surface area (Å²) in [6.45, 7) is 6.17. The van der Waals surface area contributed by atoms with Crippen LogP contribution < -0.4 is 5.32 Å². The van der Waals surface area contributed by atoms with E-state index in [4.69, 9.17) is 0 Å². The predicted octanol–water partition coefficient (Wildman–Crippen LogP) is 1.95. The van der Waals surface area contributed by atoms with Crippen molar-refractivity contribution in [3.8, 4) is 11.4 Å². The van der Waals surface area contributed by atoms with Gasteiger partial charge >= 0.3 is 0 Å². The van der Waals surface area contributed by atoms with Crippen molar-refractivity contribution < 1.29 is 4.79 Å². The number of rotatable bonds is 6. The molecule has 0 aliphatic heterocycles. The molecule has 0 radical (unpaired) electrons. The maximum absolute atomic E-state index is 11.9. The summed E-state index contributed by atoms with van der Waals surface area (Å²) in [5.74, 6) is 0.451. The first kappa shape index (κ1) is 15.2. The smallest absolute Gasteiger partial charge is 0.243 e. The molecular formula is C15H21N5O. The molecule has 0 unspecified atom stereocenters. The van der Waals surface area contributed by atoms with E-state index in [0.29, 0.717) is 5.82 Å². The molecule has 112 valence electrons. The van der Waals surface area contributed by atoms with Gasteiger partial charge < -0.3 is 5.32 Å². The van der Waals surface area contributed by atoms with Crippen molar-refractivity contribution in [2.24, 2.45) is 0 Å². The summed E-state index contributed by atoms with van der Waals surface area (Å²) in [5, 5.41) is 15.1. The highest BCUT2D eigenvalue weighted by molar-refractivity contribution is 5.75. The molecule has 2 rings (SSSR count). The van der Waals surface area contributed by atoms with Gasteiger partial charge in [-0.2, -0.15) is 4.80 Å². The lowest BCUT2D eigenvalue weighted by Crippen LogP contribution is -2.35. The fraction of sp³-hybridized carbons (Fsp3) is 0.467. The van der Waals surface area contributed by atoms with Crippen molar-refractivity contribution in [3.05, 3.63) is 29.8 Å². The van der Waals surface area contributed by atoms with Crippen LogP contribution >= 0.6 is 0 Å². The SMILES string of the molecule is CCC[C@@H](C)NC(=O)Cn1nnc(-c2ccccc2C)n1. The molecule has 0 spiro atoms. The molecule has 0 aliphatic carbocycles. The van der Waals surface area contributed by atoms with E-state index in [1.165, 1.54) is 4.80 Å². The van der Waals surface area contributed by atoms with Gasteiger partial charge in [-0.1, -0.05) is 37.6 Å². The van der Waals surface area contributed by atoms with E-state index in [1.807, 2.05) is 38.1 Å². The second-order valence-corrected chi connectivity index (χ2v) is 5.22. The number of hydrogen-bond acceptors (Lipinski definition) is 4. The Bertz CT molecular complexity index is 608. The van der Waals surface area contributed by atoms with Crippen LogP contribution in [0.1, 0.15) is 32.3 Å². The Morgan fingerprint density at radius 1 is 1.38 bits per heavy atom. The quantitative estimate of drug-likeness (QED) is 0.881. The lowest BCUT2D eigenvalue weighted by atomic mass is 10.1. The van der Waals surface area contributed by atoms with Crippen LogP contribution in [0.3, 0.4) is 0 Å². The molecule has 1 heterocycles. The van der Waals surface area contributed by atoms with Crippen LogP contribution in [0, 0.1) is 6.92 Å². The lowest BCUT2D eigenvalue weighted by molar-refractivity contribution is -0.122. The summed E-state index contributed by atoms with van der Waals surface area (Å²) in [6, 6.07) is 8.00. The average Bonchev–Trinajstić information content (AvgIpc) is 2.87. The zero-order chi connectivity index (χ0) is 15.2. The lowest BCUT2D eigenvalue weighted by Gasteiger charge is -2.11. The van der Waals surface area contributed by atoms with Crippen LogP contribution in [0.25, 0.3) is 11.4 Å². The molecule has 1 aromatic carbocycles. The standard InChI is InChI=1S/C15H21N5O/c1-4-7-12(3)16-14(21)10-20-18-15(17-19-20)13-9-6-5-8-11(13)2/h5-6,8-9,12H,4,7,10H2,1-3H3,(H,16,21)/t12-/m1/s1. The maximum atomic E-state index is 11.9. The van der Waals surface area contributed by atoms with Gasteiger partial charge in [0.05, 0.1) is 0 Å². The summed E-state index contributed by atoms with van der Waals surface area (Å²) >= 11 is 0. The maximum Gasteiger partial charge on any atom is 0.243 e. The van der Waals surface area contributed by atoms with Crippen molar-refractivity contribution in [1.29, 1.82) is 0 Å². The minimum Gasteiger partial charge on any atom is -0.352 e. The number of nitrogens with zero attached hydrogens (tertiary/aromatic N) is 4. The van der Waals surface area contributed by atoms with E-state index in [2.05, 4.69) is 27.7 Å². The van der Waals surface area contributed by atoms with E-state index in [0.717, 1.165) is 24.0 Å². The minimum absolute atomic E-state index is 0.0902. The molecule has 0 aliphatic rings. The Labute approximate surface area is 124 Å². The second-order valence-electron chi connectivity index (χ2n) is 5.22. The predicted molar refractivity (Wildman–Crippen MR) is 80.5 cm³/mol. The molecule has 2 aromatic rings. The fourth-order valence-corrected chi connectivity index (χ4v) is 2.20. The van der Waals surface area contributed by atoms with E-state index in [-0.39, 0.29) is 18.5 Å². The van der Waals surface area contributed by atoms with Crippen molar-refractivity contribution in [1.82, 2.24) is 25.5 Å². The fourth-order valence-electron chi connectivity index (χ4n) is 2.20. The summed E-state index contributed by atoms with van der Waals surface area (Å²) in [7, 11) is 0. The Balaban J connectivity index is 2.01. The molecular weight excluding hydrogens is 266 g/mol. The minimum atomic E-state index is -0.0929. The molecule has 1 atom stereocenters. The highest BCUT2D eigenvalue weighted by atomic mass is 16.2. The number of carbonyl (C=O) groups is 1. The number of carbonyl (C=O) groups excluding carboxylic acids is 1. The number of benzene rings is 1. The normalized spacial score (nSPS) is 12.1. The van der Waals surface area contributed by atoms with Gasteiger partial charge in [-0.15, -0.1) is 10.2 Å². The summed E-state index contributed by atoms with van der Waals surface area (Å²) in [4.78, 5) is 13.2. The second kappa shape index (κ2) is 6.97. The van der Waals surface area contributed by atoms with Crippen molar-refractivity contribution in [3.63, 3.8) is 0 Å². The Kier molecular flexibility index (Phi) is 5.03. The van der Waals surface area contributed by atoms with Gasteiger partial charge in [-0.05, 0) is 31.0 Å². The van der Waals surface area contributed by atoms with Crippen LogP contribution in [-0.4, -0.2) is 32.2 Å². The number of aromatic nitrogens is 4. The third kappa shape index (κ3) is 4.11. The number of hydrogen-bond donors (Lipinski definition) is 1. The number of aryl methyl sites for hydroxylation is 1. The summed E-state index contributed by atoms with van der Waals surface area (Å²) in [5.41, 5.74) is 2.02. The van der Waals surface area contributed by atoms with E-state index in [9.17, 15) is 4.79 Å². The molecule has 0 saturated heterocycles. The Morgan fingerprint density at radius 2 is 2.14 bits per heavy atom. The first-order valence-electron chi connectivity index (χ1n) is 7.23. The zero-order valence-corrected chi connectivity index (χ0v) is 12.7. The molecule has 6 heteroatoms. The first-order valence-corrected chi connectivity index (χ1v) is 7.23. The van der Waals surface area contributed by atoms with E-state index in [1.54, 1.807) is 0 Å². The van der Waals surface area contributed by atoms with E-state index >= 15 is 0 Å². The molecule has 6 nitrogen and oxygen atoms in total. The highest BCUT2D eigenvalue weighted by Gasteiger charge is 2.12. The number of nitrogens with one attached hydrogen (secondary N) is 1. The highest BCUT2D eigenvalue weighted by Crippen LogP contribution is 2.17. The molecule has 0 fully saturated rings. The van der Waals surface area contributed by atoms with Gasteiger partial charge in [0.25, 0.3) is 0 Å². The summed E-state index contributed by atoms with van der Waals surface area (Å²) < 4.78 is 0. The third-order valence-electron chi connectivity index (χ3n) is 3.25. The van der Waals surface area contributed by atoms with Crippen LogP contribution in [0.15, 0.2) is 24.3 Å². The van der Waals surface area contributed by atoms with Gasteiger partial charge in [0.15, 0.2) is 0 Å². The van der Waals surface area contributed by atoms with Gasteiger partial charge in [-0.25, -0.2) is 0 Å². The van der Waals surface area contributed by atoms with Gasteiger partial charge in [0.2, 0.25) is 11.7 Å². The monoisotopic (exact) mass is 287 g/mol. The first-order chi connectivity index (χ1) is 10.1. The van der Waals surface area contributed by atoms with Crippen LogP contribution in [0.5, 0.6) is 0 Å². The van der Waals surface area contributed by atoms with Gasteiger partial charge in [0.1, 0.15) is 6.54 Å². The van der Waals surface area contributed by atoms with Crippen LogP contribution in [0.2, 0.25) is 0 Å². The number of amides is 1.